The van der Waals surface area contributed by atoms with Crippen molar-refractivity contribution in [2.45, 2.75) is 0 Å². The Morgan fingerprint density at radius 2 is 1.95 bits per heavy atom. The molecule has 7 heteroatoms. The fraction of sp³-hybridized carbons (Fsp3) is 0.0714. The van der Waals surface area contributed by atoms with E-state index in [-0.39, 0.29) is 16.9 Å². The van der Waals surface area contributed by atoms with Gasteiger partial charge >= 0.3 is 0 Å². The Labute approximate surface area is 119 Å². The minimum absolute atomic E-state index is 0.101. The van der Waals surface area contributed by atoms with Gasteiger partial charge in [-0.3, -0.25) is 14.9 Å². The van der Waals surface area contributed by atoms with E-state index < -0.39 is 16.6 Å². The maximum absolute atomic E-state index is 13.1. The molecule has 0 saturated carbocycles. The molecular formula is C14H12FN3O3. The van der Waals surface area contributed by atoms with Gasteiger partial charge in [-0.05, 0) is 30.3 Å². The largest absolute Gasteiger partial charge is 0.388 e. The zero-order chi connectivity index (χ0) is 15.4. The first kappa shape index (κ1) is 14.4. The molecule has 0 aliphatic carbocycles. The van der Waals surface area contributed by atoms with Gasteiger partial charge in [0, 0.05) is 24.5 Å². The van der Waals surface area contributed by atoms with Crippen LogP contribution in [0.3, 0.4) is 0 Å². The number of hydrogen-bond donors (Lipinski definition) is 2. The highest BCUT2D eigenvalue weighted by atomic mass is 19.1. The number of benzene rings is 2. The first-order chi connectivity index (χ1) is 10.0. The van der Waals surface area contributed by atoms with Gasteiger partial charge in [-0.15, -0.1) is 0 Å². The highest BCUT2D eigenvalue weighted by Gasteiger charge is 2.20. The third-order valence-electron chi connectivity index (χ3n) is 2.81. The molecule has 0 heterocycles. The molecule has 0 atom stereocenters. The lowest BCUT2D eigenvalue weighted by Crippen LogP contribution is -2.14. The van der Waals surface area contributed by atoms with E-state index in [1.165, 1.54) is 36.4 Å². The van der Waals surface area contributed by atoms with E-state index in [1.54, 1.807) is 7.05 Å². The van der Waals surface area contributed by atoms with Crippen molar-refractivity contribution in [3.63, 3.8) is 0 Å². The standard InChI is InChI=1S/C14H12FN3O3/c1-16-10-5-6-13(18(20)21)12(8-10)14(19)17-11-4-2-3-9(15)7-11/h2-8,16H,1H3,(H,17,19). The highest BCUT2D eigenvalue weighted by molar-refractivity contribution is 6.07. The molecule has 0 aliphatic rings. The molecular weight excluding hydrogens is 277 g/mol. The number of carbonyl (C=O) groups excluding carboxylic acids is 1. The topological polar surface area (TPSA) is 84.3 Å². The van der Waals surface area contributed by atoms with Crippen molar-refractivity contribution in [1.82, 2.24) is 0 Å². The quantitative estimate of drug-likeness (QED) is 0.669. The number of nitro benzene ring substituents is 1. The van der Waals surface area contributed by atoms with Gasteiger partial charge in [0.25, 0.3) is 11.6 Å². The lowest BCUT2D eigenvalue weighted by atomic mass is 10.1. The molecule has 0 spiro atoms. The van der Waals surface area contributed by atoms with Gasteiger partial charge in [-0.1, -0.05) is 6.07 Å². The fourth-order valence-corrected chi connectivity index (χ4v) is 1.80. The van der Waals surface area contributed by atoms with Gasteiger partial charge in [0.1, 0.15) is 11.4 Å². The number of amides is 1. The third kappa shape index (κ3) is 3.33. The maximum Gasteiger partial charge on any atom is 0.282 e. The maximum atomic E-state index is 13.1. The van der Waals surface area contributed by atoms with Crippen LogP contribution in [-0.2, 0) is 0 Å². The van der Waals surface area contributed by atoms with E-state index in [9.17, 15) is 19.3 Å². The van der Waals surface area contributed by atoms with Crippen LogP contribution in [0.2, 0.25) is 0 Å². The molecule has 6 nitrogen and oxygen atoms in total. The molecule has 0 radical (unpaired) electrons. The molecule has 0 bridgehead atoms. The van der Waals surface area contributed by atoms with Crippen molar-refractivity contribution in [2.75, 3.05) is 17.7 Å². The number of halogens is 1. The van der Waals surface area contributed by atoms with Crippen LogP contribution < -0.4 is 10.6 Å². The van der Waals surface area contributed by atoms with E-state index >= 15 is 0 Å². The normalized spacial score (nSPS) is 10.0. The molecule has 0 fully saturated rings. The number of hydrogen-bond acceptors (Lipinski definition) is 4. The van der Waals surface area contributed by atoms with E-state index in [1.807, 2.05) is 0 Å². The van der Waals surface area contributed by atoms with Crippen molar-refractivity contribution in [2.24, 2.45) is 0 Å². The predicted molar refractivity (Wildman–Crippen MR) is 77.0 cm³/mol. The number of nitrogens with one attached hydrogen (secondary N) is 2. The monoisotopic (exact) mass is 289 g/mol. The SMILES string of the molecule is CNc1ccc([N+](=O)[O-])c(C(=O)Nc2cccc(F)c2)c1. The Morgan fingerprint density at radius 1 is 1.19 bits per heavy atom. The third-order valence-corrected chi connectivity index (χ3v) is 2.81. The van der Waals surface area contributed by atoms with Crippen LogP contribution in [-0.4, -0.2) is 17.9 Å². The van der Waals surface area contributed by atoms with E-state index in [4.69, 9.17) is 0 Å². The van der Waals surface area contributed by atoms with Gasteiger partial charge < -0.3 is 10.6 Å². The van der Waals surface area contributed by atoms with Gasteiger partial charge in [0.05, 0.1) is 4.92 Å². The summed E-state index contributed by atoms with van der Waals surface area (Å²) < 4.78 is 13.1. The van der Waals surface area contributed by atoms with Crippen molar-refractivity contribution in [3.8, 4) is 0 Å². The Hall–Kier alpha value is -2.96. The number of rotatable bonds is 4. The number of anilines is 2. The van der Waals surface area contributed by atoms with Gasteiger partial charge in [-0.2, -0.15) is 0 Å². The lowest BCUT2D eigenvalue weighted by molar-refractivity contribution is -0.385. The first-order valence-corrected chi connectivity index (χ1v) is 6.04. The van der Waals surface area contributed by atoms with Crippen molar-refractivity contribution in [1.29, 1.82) is 0 Å². The summed E-state index contributed by atoms with van der Waals surface area (Å²) in [6, 6.07) is 9.40. The van der Waals surface area contributed by atoms with Gasteiger partial charge in [-0.25, -0.2) is 4.39 Å². The molecule has 21 heavy (non-hydrogen) atoms. The molecule has 0 saturated heterocycles. The summed E-state index contributed by atoms with van der Waals surface area (Å²) in [6.45, 7) is 0. The molecule has 0 unspecified atom stereocenters. The first-order valence-electron chi connectivity index (χ1n) is 6.04. The summed E-state index contributed by atoms with van der Waals surface area (Å²) in [4.78, 5) is 22.5. The Balaban J connectivity index is 2.35. The lowest BCUT2D eigenvalue weighted by Gasteiger charge is -2.08. The Bertz CT molecular complexity index is 704. The molecule has 108 valence electrons. The average molecular weight is 289 g/mol. The molecule has 0 aliphatic heterocycles. The number of nitrogens with zero attached hydrogens (tertiary/aromatic N) is 1. The summed E-state index contributed by atoms with van der Waals surface area (Å²) in [6.07, 6.45) is 0. The van der Waals surface area contributed by atoms with Crippen LogP contribution in [0.4, 0.5) is 21.5 Å². The van der Waals surface area contributed by atoms with Gasteiger partial charge in [0.2, 0.25) is 0 Å². The zero-order valence-corrected chi connectivity index (χ0v) is 11.1. The smallest absolute Gasteiger partial charge is 0.282 e. The summed E-state index contributed by atoms with van der Waals surface area (Å²) in [5.41, 5.74) is 0.369. The van der Waals surface area contributed by atoms with E-state index in [2.05, 4.69) is 10.6 Å². The minimum Gasteiger partial charge on any atom is -0.388 e. The highest BCUT2D eigenvalue weighted by Crippen LogP contribution is 2.23. The van der Waals surface area contributed by atoms with Crippen LogP contribution in [0.15, 0.2) is 42.5 Å². The van der Waals surface area contributed by atoms with Crippen molar-refractivity contribution >= 4 is 23.0 Å². The molecule has 2 aromatic carbocycles. The Morgan fingerprint density at radius 3 is 2.57 bits per heavy atom. The average Bonchev–Trinajstić information content (AvgIpc) is 2.46. The summed E-state index contributed by atoms with van der Waals surface area (Å²) in [7, 11) is 1.63. The van der Waals surface area contributed by atoms with Crippen molar-refractivity contribution in [3.05, 3.63) is 64.0 Å². The summed E-state index contributed by atoms with van der Waals surface area (Å²) in [5.74, 6) is -1.18. The van der Waals surface area contributed by atoms with Crippen LogP contribution in [0.1, 0.15) is 10.4 Å². The summed E-state index contributed by atoms with van der Waals surface area (Å²) >= 11 is 0. The van der Waals surface area contributed by atoms with Crippen LogP contribution in [0.5, 0.6) is 0 Å². The number of nitro groups is 1. The number of carbonyl (C=O) groups is 1. The van der Waals surface area contributed by atoms with Crippen molar-refractivity contribution < 1.29 is 14.1 Å². The van der Waals surface area contributed by atoms with Crippen LogP contribution >= 0.6 is 0 Å². The Kier molecular flexibility index (Phi) is 4.13. The molecule has 2 aromatic rings. The van der Waals surface area contributed by atoms with Crippen LogP contribution in [0, 0.1) is 15.9 Å². The second-order valence-electron chi connectivity index (χ2n) is 4.20. The fourth-order valence-electron chi connectivity index (χ4n) is 1.80. The minimum atomic E-state index is -0.676. The second-order valence-corrected chi connectivity index (χ2v) is 4.20. The zero-order valence-electron chi connectivity index (χ0n) is 11.1. The molecule has 2 N–H and O–H groups in total. The molecule has 0 aromatic heterocycles. The van der Waals surface area contributed by atoms with Gasteiger partial charge in [0.15, 0.2) is 0 Å². The van der Waals surface area contributed by atoms with E-state index in [0.29, 0.717) is 5.69 Å². The molecule has 1 amide bonds. The van der Waals surface area contributed by atoms with Crippen LogP contribution in [0.25, 0.3) is 0 Å². The van der Waals surface area contributed by atoms with E-state index in [0.717, 1.165) is 6.07 Å². The molecule has 2 rings (SSSR count). The summed E-state index contributed by atoms with van der Waals surface area (Å²) in [5, 5.41) is 16.2. The predicted octanol–water partition coefficient (Wildman–Crippen LogP) is 3.03. The second kappa shape index (κ2) is 6.00.